The number of nitrogens with one attached hydrogen (secondary N) is 1. The van der Waals surface area contributed by atoms with Gasteiger partial charge in [0, 0.05) is 22.3 Å². The number of rotatable bonds is 8. The summed E-state index contributed by atoms with van der Waals surface area (Å²) in [5.74, 6) is 1.56. The number of carbonyl (C=O) groups excluding carboxylic acids is 1. The topological polar surface area (TPSA) is 69.0 Å². The zero-order valence-electron chi connectivity index (χ0n) is 15.3. The Kier molecular flexibility index (Phi) is 6.89. The first-order chi connectivity index (χ1) is 13.6. The van der Waals surface area contributed by atoms with E-state index in [9.17, 15) is 4.79 Å². The number of halogens is 1. The molecule has 144 valence electrons. The fourth-order valence-corrected chi connectivity index (χ4v) is 3.71. The highest BCUT2D eigenvalue weighted by Crippen LogP contribution is 2.27. The average molecular weight is 459 g/mol. The van der Waals surface area contributed by atoms with Gasteiger partial charge in [0.2, 0.25) is 5.91 Å². The minimum atomic E-state index is -0.112. The summed E-state index contributed by atoms with van der Waals surface area (Å²) in [5, 5.41) is 12.1. The molecule has 8 heteroatoms. The third kappa shape index (κ3) is 5.02. The van der Waals surface area contributed by atoms with Gasteiger partial charge in [-0.25, -0.2) is 0 Å². The molecule has 0 atom stereocenters. The normalized spacial score (nSPS) is 10.5. The fourth-order valence-electron chi connectivity index (χ4n) is 2.56. The summed E-state index contributed by atoms with van der Waals surface area (Å²) in [7, 11) is 1.62. The monoisotopic (exact) mass is 458 g/mol. The van der Waals surface area contributed by atoms with Crippen LogP contribution in [-0.2, 0) is 11.3 Å². The van der Waals surface area contributed by atoms with Crippen molar-refractivity contribution in [1.82, 2.24) is 14.8 Å². The average Bonchev–Trinajstić information content (AvgIpc) is 3.09. The van der Waals surface area contributed by atoms with Gasteiger partial charge >= 0.3 is 0 Å². The van der Waals surface area contributed by atoms with Crippen LogP contribution in [0.1, 0.15) is 0 Å². The van der Waals surface area contributed by atoms with Crippen molar-refractivity contribution >= 4 is 39.3 Å². The predicted octanol–water partition coefficient (Wildman–Crippen LogP) is 4.63. The lowest BCUT2D eigenvalue weighted by molar-refractivity contribution is -0.113. The molecule has 0 radical (unpaired) electrons. The van der Waals surface area contributed by atoms with E-state index in [2.05, 4.69) is 38.0 Å². The van der Waals surface area contributed by atoms with Crippen molar-refractivity contribution in [2.75, 3.05) is 18.2 Å². The number of amides is 1. The summed E-state index contributed by atoms with van der Waals surface area (Å²) in [5.41, 5.74) is 1.63. The van der Waals surface area contributed by atoms with Crippen LogP contribution >= 0.6 is 27.7 Å². The number of hydrogen-bond acceptors (Lipinski definition) is 5. The van der Waals surface area contributed by atoms with E-state index >= 15 is 0 Å². The van der Waals surface area contributed by atoms with Gasteiger partial charge in [-0.2, -0.15) is 0 Å². The molecule has 0 bridgehead atoms. The Balaban J connectivity index is 1.74. The second-order valence-electron chi connectivity index (χ2n) is 5.78. The molecule has 0 saturated heterocycles. The molecule has 2 aromatic carbocycles. The van der Waals surface area contributed by atoms with Gasteiger partial charge in [0.1, 0.15) is 5.75 Å². The van der Waals surface area contributed by atoms with E-state index in [1.807, 2.05) is 53.1 Å². The molecular formula is C20H19BrN4O2S. The van der Waals surface area contributed by atoms with Crippen LogP contribution in [0, 0.1) is 0 Å². The molecule has 3 rings (SSSR count). The van der Waals surface area contributed by atoms with E-state index in [0.29, 0.717) is 17.5 Å². The quantitative estimate of drug-likeness (QED) is 0.393. The number of methoxy groups -OCH3 is 1. The van der Waals surface area contributed by atoms with Gasteiger partial charge in [0.25, 0.3) is 0 Å². The van der Waals surface area contributed by atoms with E-state index in [1.54, 1.807) is 13.2 Å². The Labute approximate surface area is 176 Å². The largest absolute Gasteiger partial charge is 0.497 e. The molecule has 0 fully saturated rings. The van der Waals surface area contributed by atoms with Crippen molar-refractivity contribution < 1.29 is 9.53 Å². The van der Waals surface area contributed by atoms with Crippen molar-refractivity contribution in [3.05, 3.63) is 65.7 Å². The summed E-state index contributed by atoms with van der Waals surface area (Å²) < 4.78 is 8.13. The molecule has 0 saturated carbocycles. The lowest BCUT2D eigenvalue weighted by Crippen LogP contribution is -2.14. The summed E-state index contributed by atoms with van der Waals surface area (Å²) in [6.07, 6.45) is 1.78. The minimum Gasteiger partial charge on any atom is -0.497 e. The molecule has 3 aromatic rings. The molecule has 1 aromatic heterocycles. The molecule has 0 spiro atoms. The van der Waals surface area contributed by atoms with Crippen molar-refractivity contribution in [2.24, 2.45) is 0 Å². The van der Waals surface area contributed by atoms with Crippen LogP contribution < -0.4 is 10.1 Å². The molecule has 1 heterocycles. The maximum Gasteiger partial charge on any atom is 0.234 e. The standard InChI is InChI=1S/C20H19BrN4O2S/c1-3-10-25-19(14-6-4-9-17(11-14)27-2)23-24-20(25)28-13-18(26)22-16-8-5-7-15(21)12-16/h3-9,11-12H,1,10,13H2,2H3,(H,22,26). The number of thioether (sulfide) groups is 1. The van der Waals surface area contributed by atoms with Crippen LogP contribution in [0.3, 0.4) is 0 Å². The van der Waals surface area contributed by atoms with Gasteiger partial charge in [-0.05, 0) is 30.3 Å². The Morgan fingerprint density at radius 1 is 1.29 bits per heavy atom. The fraction of sp³-hybridized carbons (Fsp3) is 0.150. The molecule has 0 aliphatic heterocycles. The smallest absolute Gasteiger partial charge is 0.234 e. The zero-order chi connectivity index (χ0) is 19.9. The molecular weight excluding hydrogens is 440 g/mol. The summed E-state index contributed by atoms with van der Waals surface area (Å²) in [4.78, 5) is 12.3. The number of benzene rings is 2. The molecule has 1 amide bonds. The number of carbonyl (C=O) groups is 1. The van der Waals surface area contributed by atoms with Gasteiger partial charge in [-0.15, -0.1) is 16.8 Å². The second kappa shape index (κ2) is 9.57. The molecule has 6 nitrogen and oxygen atoms in total. The van der Waals surface area contributed by atoms with Crippen molar-refractivity contribution in [3.8, 4) is 17.1 Å². The van der Waals surface area contributed by atoms with Gasteiger partial charge in [-0.1, -0.05) is 52.0 Å². The number of nitrogens with zero attached hydrogens (tertiary/aromatic N) is 3. The number of aromatic nitrogens is 3. The van der Waals surface area contributed by atoms with Crippen LogP contribution in [0.2, 0.25) is 0 Å². The maximum atomic E-state index is 12.3. The Morgan fingerprint density at radius 3 is 2.86 bits per heavy atom. The first-order valence-electron chi connectivity index (χ1n) is 8.47. The van der Waals surface area contributed by atoms with E-state index < -0.39 is 0 Å². The van der Waals surface area contributed by atoms with E-state index in [0.717, 1.165) is 21.5 Å². The van der Waals surface area contributed by atoms with E-state index in [-0.39, 0.29) is 11.7 Å². The van der Waals surface area contributed by atoms with Crippen LogP contribution in [0.15, 0.2) is 70.8 Å². The third-order valence-corrected chi connectivity index (χ3v) is 5.26. The summed E-state index contributed by atoms with van der Waals surface area (Å²) in [6.45, 7) is 4.35. The molecule has 0 unspecified atom stereocenters. The zero-order valence-corrected chi connectivity index (χ0v) is 17.7. The minimum absolute atomic E-state index is 0.112. The first kappa shape index (κ1) is 20.2. The molecule has 0 aliphatic rings. The van der Waals surface area contributed by atoms with Gasteiger partial charge in [0.15, 0.2) is 11.0 Å². The van der Waals surface area contributed by atoms with Crippen molar-refractivity contribution in [2.45, 2.75) is 11.7 Å². The van der Waals surface area contributed by atoms with Gasteiger partial charge in [0.05, 0.1) is 12.9 Å². The van der Waals surface area contributed by atoms with Crippen LogP contribution in [0.25, 0.3) is 11.4 Å². The van der Waals surface area contributed by atoms with Gasteiger partial charge in [-0.3, -0.25) is 9.36 Å². The predicted molar refractivity (Wildman–Crippen MR) is 116 cm³/mol. The number of hydrogen-bond donors (Lipinski definition) is 1. The summed E-state index contributed by atoms with van der Waals surface area (Å²) in [6, 6.07) is 15.1. The Hall–Kier alpha value is -2.58. The highest BCUT2D eigenvalue weighted by molar-refractivity contribution is 9.10. The van der Waals surface area contributed by atoms with Crippen LogP contribution in [-0.4, -0.2) is 33.5 Å². The van der Waals surface area contributed by atoms with Crippen molar-refractivity contribution in [1.29, 1.82) is 0 Å². The second-order valence-corrected chi connectivity index (χ2v) is 7.64. The SMILES string of the molecule is C=CCn1c(SCC(=O)Nc2cccc(Br)c2)nnc1-c1cccc(OC)c1. The molecule has 28 heavy (non-hydrogen) atoms. The van der Waals surface area contributed by atoms with Crippen LogP contribution in [0.5, 0.6) is 5.75 Å². The van der Waals surface area contributed by atoms with Crippen molar-refractivity contribution in [3.63, 3.8) is 0 Å². The number of anilines is 1. The van der Waals surface area contributed by atoms with E-state index in [4.69, 9.17) is 4.74 Å². The summed E-state index contributed by atoms with van der Waals surface area (Å²) >= 11 is 4.72. The van der Waals surface area contributed by atoms with E-state index in [1.165, 1.54) is 11.8 Å². The lowest BCUT2D eigenvalue weighted by Gasteiger charge is -2.09. The molecule has 1 N–H and O–H groups in total. The van der Waals surface area contributed by atoms with Crippen LogP contribution in [0.4, 0.5) is 5.69 Å². The first-order valence-corrected chi connectivity index (χ1v) is 10.3. The third-order valence-electron chi connectivity index (χ3n) is 3.80. The Bertz CT molecular complexity index is 990. The molecule has 0 aliphatic carbocycles. The lowest BCUT2D eigenvalue weighted by atomic mass is 10.2. The van der Waals surface area contributed by atoms with Gasteiger partial charge < -0.3 is 10.1 Å². The highest BCUT2D eigenvalue weighted by atomic mass is 79.9. The number of ether oxygens (including phenoxy) is 1. The Morgan fingerprint density at radius 2 is 2.11 bits per heavy atom. The highest BCUT2D eigenvalue weighted by Gasteiger charge is 2.15. The number of allylic oxidation sites excluding steroid dienone is 1. The maximum absolute atomic E-state index is 12.3.